The van der Waals surface area contributed by atoms with Gasteiger partial charge < -0.3 is 10.5 Å². The molecule has 3 nitrogen and oxygen atoms in total. The van der Waals surface area contributed by atoms with Gasteiger partial charge in [0.15, 0.2) is 0 Å². The van der Waals surface area contributed by atoms with E-state index in [1.54, 1.807) is 0 Å². The summed E-state index contributed by atoms with van der Waals surface area (Å²) in [6.45, 7) is 0. The van der Waals surface area contributed by atoms with E-state index in [9.17, 15) is 17.6 Å². The molecule has 2 aromatic rings. The fraction of sp³-hybridized carbons (Fsp3) is 0.0769. The van der Waals surface area contributed by atoms with Crippen LogP contribution in [0.5, 0.6) is 11.6 Å². The van der Waals surface area contributed by atoms with Crippen molar-refractivity contribution in [3.8, 4) is 11.6 Å². The number of benzene rings is 1. The van der Waals surface area contributed by atoms with E-state index in [0.717, 1.165) is 24.3 Å². The summed E-state index contributed by atoms with van der Waals surface area (Å²) in [5, 5.41) is 0. The quantitative estimate of drug-likeness (QED) is 0.693. The molecule has 110 valence electrons. The van der Waals surface area contributed by atoms with Crippen LogP contribution in [0.15, 0.2) is 36.4 Å². The van der Waals surface area contributed by atoms with Crippen molar-refractivity contribution in [1.29, 1.82) is 0 Å². The summed E-state index contributed by atoms with van der Waals surface area (Å²) in [4.78, 5) is 3.22. The van der Waals surface area contributed by atoms with Crippen molar-refractivity contribution in [1.82, 2.24) is 4.98 Å². The van der Waals surface area contributed by atoms with Crippen LogP contribution < -0.4 is 10.5 Å². The van der Waals surface area contributed by atoms with Crippen molar-refractivity contribution in [3.63, 3.8) is 0 Å². The van der Waals surface area contributed by atoms with E-state index in [1.807, 2.05) is 0 Å². The molecule has 0 amide bonds. The monoisotopic (exact) mass is 316 g/mol. The van der Waals surface area contributed by atoms with Crippen LogP contribution in [0.3, 0.4) is 0 Å². The molecule has 1 aromatic carbocycles. The van der Waals surface area contributed by atoms with Gasteiger partial charge in [0.25, 0.3) is 0 Å². The number of alkyl halides is 3. The molecule has 0 bridgehead atoms. The first-order valence-corrected chi connectivity index (χ1v) is 5.99. The maximum absolute atomic E-state index is 12.8. The number of halogens is 4. The minimum atomic E-state index is -4.63. The number of ether oxygens (including phenoxy) is 1. The lowest BCUT2D eigenvalue weighted by Gasteiger charge is -2.12. The Bertz CT molecular complexity index is 671. The van der Waals surface area contributed by atoms with Gasteiger partial charge in [-0.3, -0.25) is 0 Å². The maximum Gasteiger partial charge on any atom is 0.433 e. The molecular formula is C13H8F4N2OS. The highest BCUT2D eigenvalue weighted by Crippen LogP contribution is 2.31. The Balaban J connectivity index is 2.43. The number of pyridine rings is 1. The van der Waals surface area contributed by atoms with Gasteiger partial charge in [0, 0.05) is 0 Å². The number of hydrogen-bond acceptors (Lipinski definition) is 3. The summed E-state index contributed by atoms with van der Waals surface area (Å²) >= 11 is 4.74. The zero-order chi connectivity index (χ0) is 15.6. The zero-order valence-electron chi connectivity index (χ0n) is 10.3. The van der Waals surface area contributed by atoms with Gasteiger partial charge in [0.05, 0.1) is 5.56 Å². The standard InChI is InChI=1S/C13H8F4N2OS/c14-7-1-3-8(4-2-7)20-12-9(11(18)21)5-6-10(19-12)13(15,16)17/h1-6H,(H2,18,21). The molecule has 2 N–H and O–H groups in total. The molecule has 0 saturated carbocycles. The second-order valence-electron chi connectivity index (χ2n) is 3.97. The Morgan fingerprint density at radius 1 is 1.10 bits per heavy atom. The van der Waals surface area contributed by atoms with Crippen LogP contribution in [-0.2, 0) is 6.18 Å². The van der Waals surface area contributed by atoms with Crippen molar-refractivity contribution in [3.05, 3.63) is 53.5 Å². The average Bonchev–Trinajstić information content (AvgIpc) is 2.40. The third-order valence-corrected chi connectivity index (χ3v) is 2.66. The number of nitrogens with zero attached hydrogens (tertiary/aromatic N) is 1. The Morgan fingerprint density at radius 2 is 1.71 bits per heavy atom. The van der Waals surface area contributed by atoms with Crippen molar-refractivity contribution in [2.75, 3.05) is 0 Å². The molecule has 0 aliphatic heterocycles. The fourth-order valence-electron chi connectivity index (χ4n) is 1.48. The van der Waals surface area contributed by atoms with Gasteiger partial charge in [0.1, 0.15) is 22.2 Å². The highest BCUT2D eigenvalue weighted by molar-refractivity contribution is 7.80. The van der Waals surface area contributed by atoms with Crippen LogP contribution in [-0.4, -0.2) is 9.97 Å². The van der Waals surface area contributed by atoms with Crippen LogP contribution >= 0.6 is 12.2 Å². The van der Waals surface area contributed by atoms with Gasteiger partial charge >= 0.3 is 6.18 Å². The van der Waals surface area contributed by atoms with Crippen molar-refractivity contribution in [2.45, 2.75) is 6.18 Å². The van der Waals surface area contributed by atoms with Crippen molar-refractivity contribution < 1.29 is 22.3 Å². The van der Waals surface area contributed by atoms with Gasteiger partial charge in [-0.25, -0.2) is 9.37 Å². The topological polar surface area (TPSA) is 48.1 Å². The number of rotatable bonds is 3. The van der Waals surface area contributed by atoms with Gasteiger partial charge in [-0.15, -0.1) is 0 Å². The van der Waals surface area contributed by atoms with E-state index in [0.29, 0.717) is 0 Å². The first-order chi connectivity index (χ1) is 9.77. The third-order valence-electron chi connectivity index (χ3n) is 2.44. The van der Waals surface area contributed by atoms with Gasteiger partial charge in [-0.2, -0.15) is 13.2 Å². The highest BCUT2D eigenvalue weighted by Gasteiger charge is 2.33. The molecule has 0 unspecified atom stereocenters. The highest BCUT2D eigenvalue weighted by atomic mass is 32.1. The predicted molar refractivity (Wildman–Crippen MR) is 71.6 cm³/mol. The normalized spacial score (nSPS) is 11.2. The SMILES string of the molecule is NC(=S)c1ccc(C(F)(F)F)nc1Oc1ccc(F)cc1. The van der Waals surface area contributed by atoms with Crippen LogP contribution in [0.2, 0.25) is 0 Å². The fourth-order valence-corrected chi connectivity index (χ4v) is 1.63. The lowest BCUT2D eigenvalue weighted by atomic mass is 10.2. The molecule has 2 rings (SSSR count). The molecule has 1 heterocycles. The number of thiocarbonyl (C=S) groups is 1. The zero-order valence-corrected chi connectivity index (χ0v) is 11.1. The summed E-state index contributed by atoms with van der Waals surface area (Å²) in [7, 11) is 0. The summed E-state index contributed by atoms with van der Waals surface area (Å²) < 4.78 is 56.0. The van der Waals surface area contributed by atoms with Gasteiger partial charge in [-0.1, -0.05) is 12.2 Å². The summed E-state index contributed by atoms with van der Waals surface area (Å²) in [5.74, 6) is -0.779. The lowest BCUT2D eigenvalue weighted by Crippen LogP contribution is -2.15. The number of hydrogen-bond donors (Lipinski definition) is 1. The molecule has 0 radical (unpaired) electrons. The van der Waals surface area contributed by atoms with E-state index < -0.39 is 17.7 Å². The summed E-state index contributed by atoms with van der Waals surface area (Å²) in [6, 6.07) is 6.54. The van der Waals surface area contributed by atoms with Crippen molar-refractivity contribution >= 4 is 17.2 Å². The van der Waals surface area contributed by atoms with Crippen molar-refractivity contribution in [2.24, 2.45) is 5.73 Å². The summed E-state index contributed by atoms with van der Waals surface area (Å²) in [6.07, 6.45) is -4.63. The second-order valence-corrected chi connectivity index (χ2v) is 4.41. The van der Waals surface area contributed by atoms with Crippen LogP contribution in [0, 0.1) is 5.82 Å². The Morgan fingerprint density at radius 3 is 2.24 bits per heavy atom. The minimum absolute atomic E-state index is 0.0577. The maximum atomic E-state index is 12.8. The van der Waals surface area contributed by atoms with E-state index in [2.05, 4.69) is 4.98 Å². The summed E-state index contributed by atoms with van der Waals surface area (Å²) in [5.41, 5.74) is 4.34. The molecule has 0 fully saturated rings. The first kappa shape index (κ1) is 15.2. The number of nitrogens with two attached hydrogens (primary N) is 1. The molecule has 0 aliphatic rings. The molecular weight excluding hydrogens is 308 g/mol. The first-order valence-electron chi connectivity index (χ1n) is 5.59. The molecule has 0 atom stereocenters. The van der Waals surface area contributed by atoms with E-state index in [4.69, 9.17) is 22.7 Å². The lowest BCUT2D eigenvalue weighted by molar-refractivity contribution is -0.141. The molecule has 8 heteroatoms. The minimum Gasteiger partial charge on any atom is -0.438 e. The Labute approximate surface area is 122 Å². The van der Waals surface area contributed by atoms with E-state index in [-0.39, 0.29) is 22.2 Å². The largest absolute Gasteiger partial charge is 0.438 e. The third kappa shape index (κ3) is 3.66. The number of aromatic nitrogens is 1. The second kappa shape index (κ2) is 5.65. The Hall–Kier alpha value is -2.22. The molecule has 0 aliphatic carbocycles. The predicted octanol–water partition coefficient (Wildman–Crippen LogP) is 3.67. The molecule has 1 aromatic heterocycles. The Kier molecular flexibility index (Phi) is 4.08. The van der Waals surface area contributed by atoms with Gasteiger partial charge in [0.2, 0.25) is 5.88 Å². The van der Waals surface area contributed by atoms with Crippen LogP contribution in [0.4, 0.5) is 17.6 Å². The average molecular weight is 316 g/mol. The molecule has 0 spiro atoms. The van der Waals surface area contributed by atoms with E-state index in [1.165, 1.54) is 12.1 Å². The van der Waals surface area contributed by atoms with E-state index >= 15 is 0 Å². The molecule has 0 saturated heterocycles. The van der Waals surface area contributed by atoms with Crippen LogP contribution in [0.1, 0.15) is 11.3 Å². The van der Waals surface area contributed by atoms with Gasteiger partial charge in [-0.05, 0) is 36.4 Å². The molecule has 21 heavy (non-hydrogen) atoms. The smallest absolute Gasteiger partial charge is 0.433 e. The van der Waals surface area contributed by atoms with Crippen LogP contribution in [0.25, 0.3) is 0 Å².